The minimum atomic E-state index is -0.522. The molecular weight excluding hydrogens is 235 g/mol. The van der Waals surface area contributed by atoms with Crippen LogP contribution in [0.4, 0.5) is 4.39 Å². The third kappa shape index (κ3) is 2.23. The fraction of sp³-hybridized carbons (Fsp3) is 0.231. The number of nitrogens with two attached hydrogens (primary N) is 1. The van der Waals surface area contributed by atoms with Crippen molar-refractivity contribution in [3.8, 4) is 5.75 Å². The van der Waals surface area contributed by atoms with Crippen molar-refractivity contribution in [2.24, 2.45) is 5.84 Å². The van der Waals surface area contributed by atoms with Gasteiger partial charge in [0, 0.05) is 11.6 Å². The van der Waals surface area contributed by atoms with Crippen molar-refractivity contribution in [2.75, 3.05) is 7.11 Å². The predicted molar refractivity (Wildman–Crippen MR) is 65.6 cm³/mol. The van der Waals surface area contributed by atoms with Crippen molar-refractivity contribution in [1.82, 2.24) is 5.43 Å². The summed E-state index contributed by atoms with van der Waals surface area (Å²) in [4.78, 5) is 0. The standard InChI is InChI=1S/C13H15FN2O2/c1-8-5-6-18-13(8)12(16-15)10-4-3-9(17-2)7-11(10)14/h3-7,12,16H,15H2,1-2H3. The summed E-state index contributed by atoms with van der Waals surface area (Å²) >= 11 is 0. The molecule has 2 aromatic rings. The van der Waals surface area contributed by atoms with Gasteiger partial charge >= 0.3 is 0 Å². The van der Waals surface area contributed by atoms with Gasteiger partial charge in [-0.1, -0.05) is 6.07 Å². The van der Waals surface area contributed by atoms with E-state index in [1.165, 1.54) is 13.2 Å². The van der Waals surface area contributed by atoms with Crippen molar-refractivity contribution in [3.05, 3.63) is 53.2 Å². The highest BCUT2D eigenvalue weighted by atomic mass is 19.1. The molecular formula is C13H15FN2O2. The first-order chi connectivity index (χ1) is 8.67. The summed E-state index contributed by atoms with van der Waals surface area (Å²) in [7, 11) is 1.49. The monoisotopic (exact) mass is 250 g/mol. The van der Waals surface area contributed by atoms with E-state index in [1.54, 1.807) is 24.5 Å². The second-order valence-corrected chi connectivity index (χ2v) is 3.95. The van der Waals surface area contributed by atoms with Crippen LogP contribution >= 0.6 is 0 Å². The van der Waals surface area contributed by atoms with Crippen molar-refractivity contribution in [2.45, 2.75) is 13.0 Å². The first kappa shape index (κ1) is 12.6. The summed E-state index contributed by atoms with van der Waals surface area (Å²) < 4.78 is 24.3. The highest BCUT2D eigenvalue weighted by molar-refractivity contribution is 5.35. The first-order valence-electron chi connectivity index (χ1n) is 5.51. The summed E-state index contributed by atoms with van der Waals surface area (Å²) in [5.74, 6) is 6.16. The molecule has 0 amide bonds. The minimum absolute atomic E-state index is 0.395. The van der Waals surface area contributed by atoms with Crippen LogP contribution in [0, 0.1) is 12.7 Å². The number of hydrogen-bond donors (Lipinski definition) is 2. The molecule has 0 bridgehead atoms. The zero-order chi connectivity index (χ0) is 13.1. The Morgan fingerprint density at radius 1 is 1.39 bits per heavy atom. The number of methoxy groups -OCH3 is 1. The molecule has 0 saturated carbocycles. The predicted octanol–water partition coefficient (Wildman–Crippen LogP) is 2.29. The zero-order valence-electron chi connectivity index (χ0n) is 10.2. The van der Waals surface area contributed by atoms with E-state index >= 15 is 0 Å². The summed E-state index contributed by atoms with van der Waals surface area (Å²) in [5, 5.41) is 0. The molecule has 0 aliphatic heterocycles. The fourth-order valence-corrected chi connectivity index (χ4v) is 1.86. The number of hydrogen-bond acceptors (Lipinski definition) is 4. The van der Waals surface area contributed by atoms with Crippen LogP contribution in [0.2, 0.25) is 0 Å². The smallest absolute Gasteiger partial charge is 0.132 e. The van der Waals surface area contributed by atoms with Crippen LogP contribution in [0.3, 0.4) is 0 Å². The van der Waals surface area contributed by atoms with Gasteiger partial charge < -0.3 is 9.15 Å². The topological polar surface area (TPSA) is 60.4 Å². The molecule has 1 unspecified atom stereocenters. The highest BCUT2D eigenvalue weighted by Crippen LogP contribution is 2.28. The van der Waals surface area contributed by atoms with E-state index in [9.17, 15) is 4.39 Å². The molecule has 96 valence electrons. The Kier molecular flexibility index (Phi) is 3.64. The number of ether oxygens (including phenoxy) is 1. The SMILES string of the molecule is COc1ccc(C(NN)c2occc2C)c(F)c1. The second kappa shape index (κ2) is 5.20. The third-order valence-corrected chi connectivity index (χ3v) is 2.85. The molecule has 3 N–H and O–H groups in total. The molecule has 1 aromatic heterocycles. The van der Waals surface area contributed by atoms with Gasteiger partial charge in [0.2, 0.25) is 0 Å². The molecule has 2 rings (SSSR count). The summed E-state index contributed by atoms with van der Waals surface area (Å²) in [6, 6.07) is 5.91. The minimum Gasteiger partial charge on any atom is -0.497 e. The number of benzene rings is 1. The highest BCUT2D eigenvalue weighted by Gasteiger charge is 2.21. The van der Waals surface area contributed by atoms with E-state index in [4.69, 9.17) is 15.0 Å². The van der Waals surface area contributed by atoms with Crippen LogP contribution in [-0.4, -0.2) is 7.11 Å². The largest absolute Gasteiger partial charge is 0.497 e. The fourth-order valence-electron chi connectivity index (χ4n) is 1.86. The molecule has 1 aromatic carbocycles. The number of furan rings is 1. The lowest BCUT2D eigenvalue weighted by Crippen LogP contribution is -2.29. The van der Waals surface area contributed by atoms with Crippen LogP contribution < -0.4 is 16.0 Å². The lowest BCUT2D eigenvalue weighted by Gasteiger charge is -2.16. The molecule has 0 saturated heterocycles. The van der Waals surface area contributed by atoms with Gasteiger partial charge in [-0.3, -0.25) is 5.84 Å². The number of hydrazine groups is 1. The second-order valence-electron chi connectivity index (χ2n) is 3.95. The van der Waals surface area contributed by atoms with Crippen LogP contribution in [0.1, 0.15) is 22.9 Å². The average molecular weight is 250 g/mol. The number of nitrogens with one attached hydrogen (secondary N) is 1. The maximum Gasteiger partial charge on any atom is 0.132 e. The van der Waals surface area contributed by atoms with E-state index in [-0.39, 0.29) is 0 Å². The van der Waals surface area contributed by atoms with E-state index < -0.39 is 11.9 Å². The average Bonchev–Trinajstić information content (AvgIpc) is 2.78. The molecule has 0 radical (unpaired) electrons. The maximum absolute atomic E-state index is 14.0. The number of aryl methyl sites for hydroxylation is 1. The van der Waals surface area contributed by atoms with E-state index in [1.807, 2.05) is 6.92 Å². The molecule has 0 aliphatic carbocycles. The first-order valence-corrected chi connectivity index (χ1v) is 5.51. The van der Waals surface area contributed by atoms with Gasteiger partial charge in [0.05, 0.1) is 13.4 Å². The van der Waals surface area contributed by atoms with Crippen LogP contribution in [-0.2, 0) is 0 Å². The van der Waals surface area contributed by atoms with Crippen molar-refractivity contribution in [3.63, 3.8) is 0 Å². The Morgan fingerprint density at radius 3 is 2.67 bits per heavy atom. The number of halogens is 1. The van der Waals surface area contributed by atoms with Crippen molar-refractivity contribution in [1.29, 1.82) is 0 Å². The molecule has 1 atom stereocenters. The maximum atomic E-state index is 14.0. The van der Waals surface area contributed by atoms with E-state index in [2.05, 4.69) is 5.43 Å². The molecule has 4 nitrogen and oxygen atoms in total. The Morgan fingerprint density at radius 2 is 2.17 bits per heavy atom. The van der Waals surface area contributed by atoms with E-state index in [0.29, 0.717) is 17.1 Å². The zero-order valence-corrected chi connectivity index (χ0v) is 10.2. The van der Waals surface area contributed by atoms with Crippen molar-refractivity contribution >= 4 is 0 Å². The van der Waals surface area contributed by atoms with Crippen LogP contribution in [0.25, 0.3) is 0 Å². The van der Waals surface area contributed by atoms with Gasteiger partial charge in [0.15, 0.2) is 0 Å². The Balaban J connectivity index is 2.42. The van der Waals surface area contributed by atoms with Crippen LogP contribution in [0.15, 0.2) is 34.9 Å². The van der Waals surface area contributed by atoms with E-state index in [0.717, 1.165) is 5.56 Å². The lowest BCUT2D eigenvalue weighted by molar-refractivity contribution is 0.407. The molecule has 18 heavy (non-hydrogen) atoms. The molecule has 0 aliphatic rings. The van der Waals surface area contributed by atoms with Crippen LogP contribution in [0.5, 0.6) is 5.75 Å². The number of rotatable bonds is 4. The Labute approximate surface area is 105 Å². The molecule has 1 heterocycles. The van der Waals surface area contributed by atoms with Gasteiger partial charge in [-0.25, -0.2) is 9.82 Å². The molecule has 0 spiro atoms. The third-order valence-electron chi connectivity index (χ3n) is 2.85. The molecule has 5 heteroatoms. The summed E-state index contributed by atoms with van der Waals surface area (Å²) in [6.07, 6.45) is 1.55. The molecule has 0 fully saturated rings. The quantitative estimate of drug-likeness (QED) is 0.645. The summed E-state index contributed by atoms with van der Waals surface area (Å²) in [5.41, 5.74) is 3.89. The normalized spacial score (nSPS) is 12.4. The summed E-state index contributed by atoms with van der Waals surface area (Å²) in [6.45, 7) is 1.88. The van der Waals surface area contributed by atoms with Gasteiger partial charge in [0.25, 0.3) is 0 Å². The lowest BCUT2D eigenvalue weighted by atomic mass is 10.0. The van der Waals surface area contributed by atoms with Gasteiger partial charge in [-0.15, -0.1) is 0 Å². The van der Waals surface area contributed by atoms with Gasteiger partial charge in [-0.2, -0.15) is 0 Å². The Hall–Kier alpha value is -1.85. The van der Waals surface area contributed by atoms with Crippen molar-refractivity contribution < 1.29 is 13.5 Å². The van der Waals surface area contributed by atoms with Gasteiger partial charge in [-0.05, 0) is 24.6 Å². The van der Waals surface area contributed by atoms with Gasteiger partial charge in [0.1, 0.15) is 23.4 Å². The Bertz CT molecular complexity index is 540.